The molecule has 2 heterocycles. The van der Waals surface area contributed by atoms with Crippen molar-refractivity contribution in [2.45, 2.75) is 39.3 Å². The number of para-hydroxylation sites is 1. The van der Waals surface area contributed by atoms with Gasteiger partial charge in [-0.1, -0.05) is 30.4 Å². The van der Waals surface area contributed by atoms with E-state index >= 15 is 0 Å². The van der Waals surface area contributed by atoms with Crippen molar-refractivity contribution < 1.29 is 32.9 Å². The summed E-state index contributed by atoms with van der Waals surface area (Å²) in [4.78, 5) is 32.3. The quantitative estimate of drug-likeness (QED) is 0.157. The van der Waals surface area contributed by atoms with Crippen molar-refractivity contribution in [3.63, 3.8) is 0 Å². The molecule has 10 nitrogen and oxygen atoms in total. The summed E-state index contributed by atoms with van der Waals surface area (Å²) in [5.41, 5.74) is 0.663. The van der Waals surface area contributed by atoms with Gasteiger partial charge in [0.25, 0.3) is 5.91 Å². The highest BCUT2D eigenvalue weighted by molar-refractivity contribution is 7.81. The highest BCUT2D eigenvalue weighted by atomic mass is 32.1. The van der Waals surface area contributed by atoms with Gasteiger partial charge in [-0.05, 0) is 45.4 Å². The summed E-state index contributed by atoms with van der Waals surface area (Å²) >= 11 is 5.73. The zero-order valence-electron chi connectivity index (χ0n) is 25.5. The number of aromatic nitrogens is 1. The Morgan fingerprint density at radius 2 is 2.00 bits per heavy atom. The monoisotopic (exact) mass is 626 g/mol. The average Bonchev–Trinajstić information content (AvgIpc) is 2.96. The lowest BCUT2D eigenvalue weighted by atomic mass is 9.91. The van der Waals surface area contributed by atoms with Crippen LogP contribution in [0.25, 0.3) is 0 Å². The molecule has 2 aromatic rings. The standard InChI is InChI=1S/C32H39FN4O6S/c1-7-10-22-20-37(31(39)43-32(3,4)5)30(38)26(29(44)36-24-12-9-11-23(33)28(24)40-6)27(22)35-18-21-13-14-34-19-25(21)42-17-16-41-15-8-2/h7-9,11-14,19,22,35H,1-2,10,15-18,20H2,3-6H3,(H,36,44). The van der Waals surface area contributed by atoms with Gasteiger partial charge in [-0.2, -0.15) is 0 Å². The first kappa shape index (κ1) is 34.2. The number of nitrogens with one attached hydrogen (secondary N) is 2. The molecule has 1 aromatic carbocycles. The molecule has 0 aliphatic carbocycles. The fourth-order valence-corrected chi connectivity index (χ4v) is 4.73. The van der Waals surface area contributed by atoms with Crippen LogP contribution in [0.15, 0.2) is 73.2 Å². The van der Waals surface area contributed by atoms with Gasteiger partial charge in [0.15, 0.2) is 11.6 Å². The number of methoxy groups -OCH3 is 1. The lowest BCUT2D eigenvalue weighted by molar-refractivity contribution is -0.127. The topological polar surface area (TPSA) is 111 Å². The molecule has 236 valence electrons. The zero-order valence-corrected chi connectivity index (χ0v) is 26.3. The van der Waals surface area contributed by atoms with Crippen molar-refractivity contribution in [1.29, 1.82) is 0 Å². The SMILES string of the molecule is C=CCOCCOc1cnccc1CNC1=C(C(=S)Nc2cccc(F)c2OC)C(=O)N(C(=O)OC(C)(C)C)CC1CC=C. The van der Waals surface area contributed by atoms with E-state index in [9.17, 15) is 14.0 Å². The second-order valence-corrected chi connectivity index (χ2v) is 11.1. The molecule has 2 amide bonds. The number of hydrogen-bond donors (Lipinski definition) is 2. The van der Waals surface area contributed by atoms with E-state index in [1.165, 1.54) is 19.2 Å². The zero-order chi connectivity index (χ0) is 32.3. The second-order valence-electron chi connectivity index (χ2n) is 10.7. The normalized spacial score (nSPS) is 15.0. The third-order valence-electron chi connectivity index (χ3n) is 6.31. The molecule has 2 N–H and O–H groups in total. The van der Waals surface area contributed by atoms with Crippen LogP contribution in [0.4, 0.5) is 14.9 Å². The molecule has 0 bridgehead atoms. The molecule has 0 radical (unpaired) electrons. The Balaban J connectivity index is 2.01. The van der Waals surface area contributed by atoms with Crippen LogP contribution in [0.1, 0.15) is 32.8 Å². The summed E-state index contributed by atoms with van der Waals surface area (Å²) in [5, 5.41) is 6.31. The van der Waals surface area contributed by atoms with E-state index in [1.807, 2.05) is 0 Å². The number of halogens is 1. The molecule has 0 fully saturated rings. The molecule has 1 unspecified atom stereocenters. The Hall–Kier alpha value is -4.29. The molecular formula is C32H39FN4O6S. The highest BCUT2D eigenvalue weighted by Gasteiger charge is 2.40. The number of pyridine rings is 1. The van der Waals surface area contributed by atoms with Crippen molar-refractivity contribution in [3.05, 3.63) is 84.6 Å². The first-order valence-electron chi connectivity index (χ1n) is 14.0. The van der Waals surface area contributed by atoms with Crippen molar-refractivity contribution in [1.82, 2.24) is 15.2 Å². The number of ether oxygens (including phenoxy) is 4. The fourth-order valence-electron chi connectivity index (χ4n) is 4.42. The average molecular weight is 627 g/mol. The van der Waals surface area contributed by atoms with Crippen LogP contribution in [0, 0.1) is 11.7 Å². The first-order valence-corrected chi connectivity index (χ1v) is 14.4. The lowest BCUT2D eigenvalue weighted by Crippen LogP contribution is -2.51. The van der Waals surface area contributed by atoms with Crippen LogP contribution in [0.3, 0.4) is 0 Å². The van der Waals surface area contributed by atoms with Crippen LogP contribution in [-0.2, 0) is 20.8 Å². The summed E-state index contributed by atoms with van der Waals surface area (Å²) in [7, 11) is 1.33. The van der Waals surface area contributed by atoms with Crippen LogP contribution in [-0.4, -0.2) is 65.9 Å². The Labute approximate surface area is 262 Å². The number of rotatable bonds is 14. The Morgan fingerprint density at radius 1 is 1.23 bits per heavy atom. The Bertz CT molecular complexity index is 1410. The van der Waals surface area contributed by atoms with E-state index in [0.29, 0.717) is 37.7 Å². The molecule has 1 atom stereocenters. The van der Waals surface area contributed by atoms with E-state index in [4.69, 9.17) is 31.2 Å². The third kappa shape index (κ3) is 9.10. The van der Waals surface area contributed by atoms with E-state index in [-0.39, 0.29) is 35.1 Å². The second kappa shape index (κ2) is 16.0. The number of amides is 2. The van der Waals surface area contributed by atoms with Crippen molar-refractivity contribution in [2.75, 3.05) is 38.8 Å². The van der Waals surface area contributed by atoms with Gasteiger partial charge in [0, 0.05) is 36.5 Å². The smallest absolute Gasteiger partial charge is 0.417 e. The van der Waals surface area contributed by atoms with Crippen molar-refractivity contribution >= 4 is 34.9 Å². The number of allylic oxidation sites excluding steroid dienone is 1. The third-order valence-corrected chi connectivity index (χ3v) is 6.62. The van der Waals surface area contributed by atoms with Gasteiger partial charge in [0.1, 0.15) is 22.9 Å². The molecule has 3 rings (SSSR count). The Kier molecular flexibility index (Phi) is 12.4. The van der Waals surface area contributed by atoms with E-state index in [1.54, 1.807) is 57.4 Å². The maximum atomic E-state index is 14.5. The number of anilines is 1. The van der Waals surface area contributed by atoms with Crippen LogP contribution < -0.4 is 20.1 Å². The van der Waals surface area contributed by atoms with Crippen molar-refractivity contribution in [3.8, 4) is 11.5 Å². The molecule has 44 heavy (non-hydrogen) atoms. The minimum Gasteiger partial charge on any atom is -0.492 e. The maximum Gasteiger partial charge on any atom is 0.417 e. The number of carbonyl (C=O) groups is 2. The number of hydrogen-bond acceptors (Lipinski definition) is 9. The minimum absolute atomic E-state index is 0.0256. The van der Waals surface area contributed by atoms with Gasteiger partial charge in [-0.25, -0.2) is 14.1 Å². The fraction of sp³-hybridized carbons (Fsp3) is 0.375. The molecule has 12 heteroatoms. The summed E-state index contributed by atoms with van der Waals surface area (Å²) in [6.07, 6.45) is 6.19. The molecular weight excluding hydrogens is 587 g/mol. The highest BCUT2D eigenvalue weighted by Crippen LogP contribution is 2.32. The van der Waals surface area contributed by atoms with E-state index < -0.39 is 29.3 Å². The molecule has 1 aliphatic rings. The number of carbonyl (C=O) groups excluding carboxylic acids is 2. The van der Waals surface area contributed by atoms with Crippen molar-refractivity contribution in [2.24, 2.45) is 5.92 Å². The van der Waals surface area contributed by atoms with E-state index in [2.05, 4.69) is 28.8 Å². The summed E-state index contributed by atoms with van der Waals surface area (Å²) in [5.74, 6) is -1.22. The number of thiocarbonyl (C=S) groups is 1. The Morgan fingerprint density at radius 3 is 2.68 bits per heavy atom. The van der Waals surface area contributed by atoms with Crippen LogP contribution in [0.5, 0.6) is 11.5 Å². The molecule has 1 aromatic heterocycles. The molecule has 1 aliphatic heterocycles. The maximum absolute atomic E-state index is 14.5. The van der Waals surface area contributed by atoms with Gasteiger partial charge in [-0.15, -0.1) is 13.2 Å². The summed E-state index contributed by atoms with van der Waals surface area (Å²) in [6, 6.07) is 6.10. The van der Waals surface area contributed by atoms with Gasteiger partial charge in [0.2, 0.25) is 0 Å². The number of nitrogens with zero attached hydrogens (tertiary/aromatic N) is 2. The van der Waals surface area contributed by atoms with Crippen LogP contribution >= 0.6 is 12.2 Å². The van der Waals surface area contributed by atoms with Gasteiger partial charge in [-0.3, -0.25) is 9.78 Å². The van der Waals surface area contributed by atoms with Crippen LogP contribution in [0.2, 0.25) is 0 Å². The summed E-state index contributed by atoms with van der Waals surface area (Å²) < 4.78 is 36.5. The number of imide groups is 1. The molecule has 0 saturated carbocycles. The molecule has 0 saturated heterocycles. The predicted molar refractivity (Wildman–Crippen MR) is 170 cm³/mol. The summed E-state index contributed by atoms with van der Waals surface area (Å²) in [6.45, 7) is 14.0. The van der Waals surface area contributed by atoms with Gasteiger partial charge in [0.05, 0.1) is 37.8 Å². The minimum atomic E-state index is -0.837. The van der Waals surface area contributed by atoms with E-state index in [0.717, 1.165) is 10.5 Å². The van der Waals surface area contributed by atoms with Gasteiger partial charge >= 0.3 is 6.09 Å². The predicted octanol–water partition coefficient (Wildman–Crippen LogP) is 5.56. The number of benzene rings is 1. The molecule has 0 spiro atoms. The largest absolute Gasteiger partial charge is 0.492 e. The lowest BCUT2D eigenvalue weighted by Gasteiger charge is -2.36. The van der Waals surface area contributed by atoms with Gasteiger partial charge < -0.3 is 29.6 Å². The first-order chi connectivity index (χ1) is 21.0.